The van der Waals surface area contributed by atoms with Crippen molar-refractivity contribution in [3.05, 3.63) is 53.9 Å². The van der Waals surface area contributed by atoms with E-state index in [0.717, 1.165) is 50.8 Å². The molecule has 0 spiro atoms. The molecule has 0 unspecified atom stereocenters. The number of carbonyl (C=O) groups excluding carboxylic acids is 1. The van der Waals surface area contributed by atoms with Crippen LogP contribution >= 0.6 is 0 Å². The molecule has 1 aromatic carbocycles. The van der Waals surface area contributed by atoms with Gasteiger partial charge >= 0.3 is 0 Å². The molecule has 4 nitrogen and oxygen atoms in total. The van der Waals surface area contributed by atoms with Crippen LogP contribution in [0.1, 0.15) is 37.7 Å². The summed E-state index contributed by atoms with van der Waals surface area (Å²) in [6.07, 6.45) is 9.21. The van der Waals surface area contributed by atoms with Gasteiger partial charge in [0.05, 0.1) is 12.0 Å². The number of piperidine rings is 1. The van der Waals surface area contributed by atoms with Crippen molar-refractivity contribution in [3.63, 3.8) is 0 Å². The highest BCUT2D eigenvalue weighted by Crippen LogP contribution is 2.49. The van der Waals surface area contributed by atoms with Crippen LogP contribution in [0, 0.1) is 23.0 Å². The zero-order valence-electron chi connectivity index (χ0n) is 15.4. The van der Waals surface area contributed by atoms with E-state index in [2.05, 4.69) is 5.10 Å². The van der Waals surface area contributed by atoms with Crippen LogP contribution in [-0.4, -0.2) is 33.7 Å². The average Bonchev–Trinajstić information content (AvgIpc) is 3.27. The molecular weight excluding hydrogens is 348 g/mol. The summed E-state index contributed by atoms with van der Waals surface area (Å²) in [5, 5.41) is 4.25. The predicted molar refractivity (Wildman–Crippen MR) is 97.9 cm³/mol. The van der Waals surface area contributed by atoms with Crippen molar-refractivity contribution in [1.82, 2.24) is 14.7 Å². The molecule has 0 bridgehead atoms. The largest absolute Gasteiger partial charge is 0.342 e. The molecule has 1 saturated carbocycles. The second kappa shape index (κ2) is 7.41. The number of hydrogen-bond acceptors (Lipinski definition) is 2. The number of nitrogens with zero attached hydrogens (tertiary/aromatic N) is 3. The van der Waals surface area contributed by atoms with E-state index in [-0.39, 0.29) is 11.3 Å². The number of aromatic nitrogens is 2. The molecule has 2 aromatic rings. The molecule has 1 aliphatic carbocycles. The van der Waals surface area contributed by atoms with Crippen LogP contribution in [0.3, 0.4) is 0 Å². The number of hydrogen-bond donors (Lipinski definition) is 0. The van der Waals surface area contributed by atoms with Gasteiger partial charge in [-0.15, -0.1) is 0 Å². The minimum absolute atomic E-state index is 0.260. The van der Waals surface area contributed by atoms with Crippen molar-refractivity contribution in [2.75, 3.05) is 13.1 Å². The van der Waals surface area contributed by atoms with Gasteiger partial charge in [-0.2, -0.15) is 5.10 Å². The molecular formula is C21H25F2N3O. The lowest BCUT2D eigenvalue weighted by molar-refractivity contribution is -0.139. The van der Waals surface area contributed by atoms with Gasteiger partial charge in [0, 0.05) is 25.5 Å². The highest BCUT2D eigenvalue weighted by molar-refractivity contribution is 5.85. The van der Waals surface area contributed by atoms with Gasteiger partial charge in [-0.1, -0.05) is 6.07 Å². The first-order valence-corrected chi connectivity index (χ1v) is 9.76. The summed E-state index contributed by atoms with van der Waals surface area (Å²) in [6.45, 7) is 2.25. The van der Waals surface area contributed by atoms with Gasteiger partial charge in [0.25, 0.3) is 0 Å². The van der Waals surface area contributed by atoms with Crippen molar-refractivity contribution in [1.29, 1.82) is 0 Å². The summed E-state index contributed by atoms with van der Waals surface area (Å²) in [7, 11) is 0. The third kappa shape index (κ3) is 4.04. The summed E-state index contributed by atoms with van der Waals surface area (Å²) < 4.78 is 28.3. The van der Waals surface area contributed by atoms with E-state index >= 15 is 0 Å². The van der Waals surface area contributed by atoms with Crippen molar-refractivity contribution in [2.45, 2.75) is 45.1 Å². The van der Waals surface area contributed by atoms with Crippen molar-refractivity contribution >= 4 is 5.91 Å². The maximum Gasteiger partial charge on any atom is 0.230 e. The Morgan fingerprint density at radius 2 is 2.11 bits per heavy atom. The van der Waals surface area contributed by atoms with Crippen molar-refractivity contribution < 1.29 is 13.6 Å². The van der Waals surface area contributed by atoms with E-state index in [9.17, 15) is 13.6 Å². The van der Waals surface area contributed by atoms with Crippen LogP contribution in [0.5, 0.6) is 0 Å². The smallest absolute Gasteiger partial charge is 0.230 e. The number of halogens is 2. The number of benzene rings is 1. The quantitative estimate of drug-likeness (QED) is 0.772. The fraction of sp³-hybridized carbons (Fsp3) is 0.524. The lowest BCUT2D eigenvalue weighted by atomic mass is 9.90. The molecule has 0 N–H and O–H groups in total. The predicted octanol–water partition coefficient (Wildman–Crippen LogP) is 3.81. The average molecular weight is 373 g/mol. The molecule has 2 fully saturated rings. The van der Waals surface area contributed by atoms with Crippen LogP contribution in [-0.2, 0) is 17.8 Å². The van der Waals surface area contributed by atoms with E-state index in [1.54, 1.807) is 12.3 Å². The molecule has 0 radical (unpaired) electrons. The van der Waals surface area contributed by atoms with Crippen molar-refractivity contribution in [2.24, 2.45) is 11.3 Å². The molecule has 27 heavy (non-hydrogen) atoms. The standard InChI is InChI=1S/C21H25F2N3O/c22-18-7-6-16(13-19(18)23)4-5-17-3-1-11-25(14-17)20(27)21(8-9-21)15-26-12-2-10-24-26/h2,6-7,10,12-13,17H,1,3-5,8-9,11,14-15H2/t17-/m1/s1. The Labute approximate surface area is 158 Å². The summed E-state index contributed by atoms with van der Waals surface area (Å²) in [4.78, 5) is 15.1. The van der Waals surface area contributed by atoms with E-state index in [4.69, 9.17) is 0 Å². The minimum Gasteiger partial charge on any atom is -0.342 e. The van der Waals surface area contributed by atoms with Crippen molar-refractivity contribution in [3.8, 4) is 0 Å². The number of carbonyl (C=O) groups is 1. The molecule has 1 aliphatic heterocycles. The molecule has 4 rings (SSSR count). The van der Waals surface area contributed by atoms with Crippen LogP contribution in [0.25, 0.3) is 0 Å². The zero-order valence-corrected chi connectivity index (χ0v) is 15.4. The van der Waals surface area contributed by atoms with Gasteiger partial charge < -0.3 is 4.90 Å². The fourth-order valence-corrected chi connectivity index (χ4v) is 4.18. The topological polar surface area (TPSA) is 38.1 Å². The lowest BCUT2D eigenvalue weighted by Crippen LogP contribution is -2.45. The number of rotatable bonds is 6. The Kier molecular flexibility index (Phi) is 4.98. The van der Waals surface area contributed by atoms with Crippen LogP contribution in [0.4, 0.5) is 8.78 Å². The Morgan fingerprint density at radius 3 is 2.81 bits per heavy atom. The van der Waals surface area contributed by atoms with Gasteiger partial charge in [-0.25, -0.2) is 8.78 Å². The molecule has 2 heterocycles. The molecule has 1 saturated heterocycles. The molecule has 2 aliphatic rings. The molecule has 1 atom stereocenters. The summed E-state index contributed by atoms with van der Waals surface area (Å²) in [5.41, 5.74) is 0.545. The first kappa shape index (κ1) is 18.1. The molecule has 144 valence electrons. The third-order valence-corrected chi connectivity index (χ3v) is 5.96. The monoisotopic (exact) mass is 373 g/mol. The zero-order chi connectivity index (χ0) is 18.9. The van der Waals surface area contributed by atoms with Gasteiger partial charge in [-0.3, -0.25) is 9.48 Å². The minimum atomic E-state index is -0.805. The highest BCUT2D eigenvalue weighted by atomic mass is 19.2. The number of amides is 1. The summed E-state index contributed by atoms with van der Waals surface area (Å²) >= 11 is 0. The Bertz CT molecular complexity index is 802. The van der Waals surface area contributed by atoms with Crippen LogP contribution in [0.15, 0.2) is 36.7 Å². The molecule has 6 heteroatoms. The first-order chi connectivity index (χ1) is 13.1. The van der Waals surface area contributed by atoms with Crippen LogP contribution < -0.4 is 0 Å². The van der Waals surface area contributed by atoms with E-state index in [0.29, 0.717) is 18.9 Å². The second-order valence-electron chi connectivity index (χ2n) is 8.03. The number of aryl methyl sites for hydroxylation is 1. The Balaban J connectivity index is 1.33. The molecule has 1 aromatic heterocycles. The third-order valence-electron chi connectivity index (χ3n) is 5.96. The van der Waals surface area contributed by atoms with Crippen LogP contribution in [0.2, 0.25) is 0 Å². The summed E-state index contributed by atoms with van der Waals surface area (Å²) in [5.74, 6) is -0.922. The van der Waals surface area contributed by atoms with Gasteiger partial charge in [0.1, 0.15) is 0 Å². The maximum absolute atomic E-state index is 13.4. The molecule has 1 amide bonds. The second-order valence-corrected chi connectivity index (χ2v) is 8.03. The van der Waals surface area contributed by atoms with Gasteiger partial charge in [0.2, 0.25) is 5.91 Å². The highest BCUT2D eigenvalue weighted by Gasteiger charge is 2.52. The SMILES string of the molecule is O=C(N1CCC[C@H](CCc2ccc(F)c(F)c2)C1)C1(Cn2cccn2)CC1. The lowest BCUT2D eigenvalue weighted by Gasteiger charge is -2.35. The van der Waals surface area contributed by atoms with E-state index in [1.165, 1.54) is 12.1 Å². The van der Waals surface area contributed by atoms with Gasteiger partial charge in [0.15, 0.2) is 11.6 Å². The normalized spacial score (nSPS) is 21.3. The number of likely N-dealkylation sites (tertiary alicyclic amines) is 1. The maximum atomic E-state index is 13.4. The first-order valence-electron chi connectivity index (χ1n) is 9.76. The summed E-state index contributed by atoms with van der Waals surface area (Å²) in [6, 6.07) is 6.00. The van der Waals surface area contributed by atoms with Gasteiger partial charge in [-0.05, 0) is 68.2 Å². The van der Waals surface area contributed by atoms with E-state index in [1.807, 2.05) is 21.8 Å². The fourth-order valence-electron chi connectivity index (χ4n) is 4.18. The van der Waals surface area contributed by atoms with E-state index < -0.39 is 11.6 Å². The Hall–Kier alpha value is -2.24. The Morgan fingerprint density at radius 1 is 1.26 bits per heavy atom.